The van der Waals surface area contributed by atoms with E-state index in [1.165, 1.54) is 31.2 Å². The second kappa shape index (κ2) is 8.05. The Kier molecular flexibility index (Phi) is 5.58. The van der Waals surface area contributed by atoms with Crippen LogP contribution in [0.5, 0.6) is 0 Å². The van der Waals surface area contributed by atoms with Gasteiger partial charge in [0.25, 0.3) is 5.91 Å². The molecule has 1 aliphatic carbocycles. The Balaban J connectivity index is 1.62. The highest BCUT2D eigenvalue weighted by Crippen LogP contribution is 2.21. The monoisotopic (exact) mass is 345 g/mol. The van der Waals surface area contributed by atoms with Gasteiger partial charge >= 0.3 is 0 Å². The van der Waals surface area contributed by atoms with Crippen molar-refractivity contribution in [1.82, 2.24) is 10.3 Å². The molecule has 6 heteroatoms. The van der Waals surface area contributed by atoms with E-state index in [1.807, 2.05) is 0 Å². The predicted molar refractivity (Wildman–Crippen MR) is 92.8 cm³/mol. The highest BCUT2D eigenvalue weighted by atomic mass is 19.1. The normalized spacial score (nSPS) is 15.4. The molecule has 3 rings (SSSR count). The summed E-state index contributed by atoms with van der Waals surface area (Å²) in [7, 11) is 0. The van der Waals surface area contributed by atoms with Gasteiger partial charge in [0, 0.05) is 12.1 Å². The molecule has 1 amide bonds. The summed E-state index contributed by atoms with van der Waals surface area (Å²) < 4.78 is 26.6. The third kappa shape index (κ3) is 4.75. The summed E-state index contributed by atoms with van der Waals surface area (Å²) in [5, 5.41) is 5.86. The highest BCUT2D eigenvalue weighted by molar-refractivity contribution is 5.92. The van der Waals surface area contributed by atoms with Crippen molar-refractivity contribution in [3.63, 3.8) is 0 Å². The third-order valence-corrected chi connectivity index (χ3v) is 4.40. The number of anilines is 2. The Bertz CT molecular complexity index is 726. The molecule has 1 heterocycles. The Morgan fingerprint density at radius 2 is 1.80 bits per heavy atom. The molecule has 0 radical (unpaired) electrons. The minimum atomic E-state index is -0.685. The third-order valence-electron chi connectivity index (χ3n) is 4.40. The van der Waals surface area contributed by atoms with Crippen molar-refractivity contribution in [3.05, 3.63) is 53.9 Å². The zero-order valence-electron chi connectivity index (χ0n) is 13.9. The molecular formula is C19H21F2N3O. The summed E-state index contributed by atoms with van der Waals surface area (Å²) in [6.45, 7) is 0. The molecule has 132 valence electrons. The Morgan fingerprint density at radius 3 is 2.44 bits per heavy atom. The maximum Gasteiger partial charge on any atom is 0.270 e. The average Bonchev–Trinajstić information content (AvgIpc) is 2.87. The fourth-order valence-corrected chi connectivity index (χ4v) is 3.03. The molecule has 0 aliphatic heterocycles. The molecule has 1 aromatic heterocycles. The van der Waals surface area contributed by atoms with Crippen LogP contribution >= 0.6 is 0 Å². The van der Waals surface area contributed by atoms with E-state index in [0.29, 0.717) is 11.4 Å². The minimum Gasteiger partial charge on any atom is -0.352 e. The van der Waals surface area contributed by atoms with Gasteiger partial charge in [-0.15, -0.1) is 0 Å². The van der Waals surface area contributed by atoms with Crippen molar-refractivity contribution in [1.29, 1.82) is 0 Å². The number of carbonyl (C=O) groups excluding carboxylic acids is 1. The number of carbonyl (C=O) groups is 1. The summed E-state index contributed by atoms with van der Waals surface area (Å²) in [4.78, 5) is 16.4. The van der Waals surface area contributed by atoms with E-state index in [-0.39, 0.29) is 17.6 Å². The van der Waals surface area contributed by atoms with Crippen molar-refractivity contribution in [3.8, 4) is 0 Å². The summed E-state index contributed by atoms with van der Waals surface area (Å²) in [6, 6.07) is 6.76. The molecule has 1 saturated carbocycles. The Hall–Kier alpha value is -2.50. The molecular weight excluding hydrogens is 324 g/mol. The fourth-order valence-electron chi connectivity index (χ4n) is 3.03. The lowest BCUT2D eigenvalue weighted by molar-refractivity contribution is 0.0928. The number of halogens is 2. The first-order valence-electron chi connectivity index (χ1n) is 8.61. The van der Waals surface area contributed by atoms with Gasteiger partial charge in [-0.3, -0.25) is 4.79 Å². The lowest BCUT2D eigenvalue weighted by Crippen LogP contribution is -2.34. The van der Waals surface area contributed by atoms with Crippen molar-refractivity contribution >= 4 is 17.3 Å². The quantitative estimate of drug-likeness (QED) is 0.799. The van der Waals surface area contributed by atoms with Gasteiger partial charge in [-0.2, -0.15) is 0 Å². The number of amides is 1. The van der Waals surface area contributed by atoms with Crippen molar-refractivity contribution in [2.75, 3.05) is 5.32 Å². The Labute approximate surface area is 145 Å². The van der Waals surface area contributed by atoms with Crippen LogP contribution in [0.25, 0.3) is 0 Å². The maximum atomic E-state index is 13.7. The SMILES string of the molecule is O=C(NC1CCCCCC1)c1ccc(Nc2ccc(F)cc2F)cn1. The van der Waals surface area contributed by atoms with E-state index in [2.05, 4.69) is 15.6 Å². The van der Waals surface area contributed by atoms with Crippen LogP contribution in [0, 0.1) is 11.6 Å². The number of rotatable bonds is 4. The van der Waals surface area contributed by atoms with Crippen LogP contribution in [-0.2, 0) is 0 Å². The van der Waals surface area contributed by atoms with Gasteiger partial charge < -0.3 is 10.6 Å². The molecule has 1 aromatic carbocycles. The lowest BCUT2D eigenvalue weighted by atomic mass is 10.1. The number of nitrogens with one attached hydrogen (secondary N) is 2. The largest absolute Gasteiger partial charge is 0.352 e. The molecule has 1 aliphatic rings. The van der Waals surface area contributed by atoms with E-state index >= 15 is 0 Å². The zero-order chi connectivity index (χ0) is 17.6. The second-order valence-electron chi connectivity index (χ2n) is 6.34. The predicted octanol–water partition coefficient (Wildman–Crippen LogP) is 4.56. The summed E-state index contributed by atoms with van der Waals surface area (Å²) in [5.41, 5.74) is 1.00. The van der Waals surface area contributed by atoms with Crippen LogP contribution in [0.1, 0.15) is 49.0 Å². The molecule has 1 fully saturated rings. The average molecular weight is 345 g/mol. The van der Waals surface area contributed by atoms with Gasteiger partial charge in [-0.1, -0.05) is 25.7 Å². The zero-order valence-corrected chi connectivity index (χ0v) is 13.9. The van der Waals surface area contributed by atoms with Gasteiger partial charge in [0.05, 0.1) is 17.6 Å². The van der Waals surface area contributed by atoms with Gasteiger partial charge in [-0.25, -0.2) is 13.8 Å². The first-order valence-corrected chi connectivity index (χ1v) is 8.61. The number of pyridine rings is 1. The standard InChI is InChI=1S/C19H21F2N3O/c20-13-7-9-17(16(21)11-13)23-15-8-10-18(22-12-15)19(25)24-14-5-3-1-2-4-6-14/h7-12,14,23H,1-6H2,(H,24,25). The van der Waals surface area contributed by atoms with Gasteiger partial charge in [0.15, 0.2) is 0 Å². The molecule has 2 N–H and O–H groups in total. The van der Waals surface area contributed by atoms with Crippen molar-refractivity contribution < 1.29 is 13.6 Å². The number of benzene rings is 1. The summed E-state index contributed by atoms with van der Waals surface area (Å²) >= 11 is 0. The molecule has 0 bridgehead atoms. The molecule has 2 aromatic rings. The van der Waals surface area contributed by atoms with Gasteiger partial charge in [0.2, 0.25) is 0 Å². The van der Waals surface area contributed by atoms with Crippen LogP contribution in [0.4, 0.5) is 20.2 Å². The van der Waals surface area contributed by atoms with Crippen LogP contribution < -0.4 is 10.6 Å². The van der Waals surface area contributed by atoms with Crippen molar-refractivity contribution in [2.45, 2.75) is 44.6 Å². The number of hydrogen-bond acceptors (Lipinski definition) is 3. The number of hydrogen-bond donors (Lipinski definition) is 2. The second-order valence-corrected chi connectivity index (χ2v) is 6.34. The molecule has 0 spiro atoms. The smallest absolute Gasteiger partial charge is 0.270 e. The Morgan fingerprint density at radius 1 is 1.04 bits per heavy atom. The van der Waals surface area contributed by atoms with Crippen LogP contribution in [0.15, 0.2) is 36.5 Å². The van der Waals surface area contributed by atoms with E-state index in [0.717, 1.165) is 31.7 Å². The van der Waals surface area contributed by atoms with Crippen molar-refractivity contribution in [2.24, 2.45) is 0 Å². The number of nitrogens with zero attached hydrogens (tertiary/aromatic N) is 1. The van der Waals surface area contributed by atoms with Gasteiger partial charge in [-0.05, 0) is 37.1 Å². The van der Waals surface area contributed by atoms with E-state index in [9.17, 15) is 13.6 Å². The number of aromatic nitrogens is 1. The highest BCUT2D eigenvalue weighted by Gasteiger charge is 2.16. The first kappa shape index (κ1) is 17.3. The first-order chi connectivity index (χ1) is 12.1. The fraction of sp³-hybridized carbons (Fsp3) is 0.368. The van der Waals surface area contributed by atoms with E-state index < -0.39 is 11.6 Å². The minimum absolute atomic E-state index is 0.152. The molecule has 4 nitrogen and oxygen atoms in total. The summed E-state index contributed by atoms with van der Waals surface area (Å²) in [5.74, 6) is -1.51. The molecule has 0 atom stereocenters. The van der Waals surface area contributed by atoms with Crippen LogP contribution in [0.3, 0.4) is 0 Å². The topological polar surface area (TPSA) is 54.0 Å². The maximum absolute atomic E-state index is 13.7. The van der Waals surface area contributed by atoms with E-state index in [1.54, 1.807) is 12.1 Å². The summed E-state index contributed by atoms with van der Waals surface area (Å²) in [6.07, 6.45) is 8.22. The molecule has 0 saturated heterocycles. The molecule has 0 unspecified atom stereocenters. The van der Waals surface area contributed by atoms with E-state index in [4.69, 9.17) is 0 Å². The van der Waals surface area contributed by atoms with Gasteiger partial charge in [0.1, 0.15) is 17.3 Å². The lowest BCUT2D eigenvalue weighted by Gasteiger charge is -2.16. The van der Waals surface area contributed by atoms with Crippen LogP contribution in [0.2, 0.25) is 0 Å². The molecule has 25 heavy (non-hydrogen) atoms. The van der Waals surface area contributed by atoms with Crippen LogP contribution in [-0.4, -0.2) is 16.9 Å².